The second-order valence-corrected chi connectivity index (χ2v) is 5.78. The molecule has 0 saturated carbocycles. The van der Waals surface area contributed by atoms with E-state index in [1.165, 1.54) is 0 Å². The van der Waals surface area contributed by atoms with Crippen LogP contribution in [0.1, 0.15) is 28.4 Å². The van der Waals surface area contributed by atoms with Gasteiger partial charge in [-0.1, -0.05) is 12.1 Å². The molecular formula is C20H22O5. The van der Waals surface area contributed by atoms with Gasteiger partial charge in [-0.15, -0.1) is 0 Å². The fourth-order valence-corrected chi connectivity index (χ4v) is 2.27. The Morgan fingerprint density at radius 3 is 2.36 bits per heavy atom. The number of carbonyl (C=O) groups is 2. The van der Waals surface area contributed by atoms with E-state index in [2.05, 4.69) is 0 Å². The largest absolute Gasteiger partial charge is 0.497 e. The van der Waals surface area contributed by atoms with Crippen LogP contribution in [0.5, 0.6) is 11.5 Å². The summed E-state index contributed by atoms with van der Waals surface area (Å²) in [5.41, 5.74) is 2.43. The number of Topliss-reactive ketones (excluding diaryl/α,β-unsaturated/α-hetero) is 1. The number of methoxy groups -OCH3 is 1. The van der Waals surface area contributed by atoms with Crippen molar-refractivity contribution in [3.8, 4) is 11.5 Å². The lowest BCUT2D eigenvalue weighted by molar-refractivity contribution is -0.148. The number of benzene rings is 2. The van der Waals surface area contributed by atoms with E-state index >= 15 is 0 Å². The topological polar surface area (TPSA) is 61.8 Å². The molecule has 0 bridgehead atoms. The van der Waals surface area contributed by atoms with Crippen molar-refractivity contribution < 1.29 is 23.8 Å². The molecule has 0 amide bonds. The molecular weight excluding hydrogens is 320 g/mol. The Morgan fingerprint density at radius 1 is 1.04 bits per heavy atom. The fraction of sp³-hybridized carbons (Fsp3) is 0.300. The molecule has 0 saturated heterocycles. The van der Waals surface area contributed by atoms with Crippen LogP contribution in [0.2, 0.25) is 0 Å². The molecule has 1 atom stereocenters. The van der Waals surface area contributed by atoms with E-state index in [1.807, 2.05) is 32.0 Å². The second kappa shape index (κ2) is 8.33. The molecule has 0 spiro atoms. The molecule has 0 N–H and O–H groups in total. The summed E-state index contributed by atoms with van der Waals surface area (Å²) in [6.07, 6.45) is -0.886. The summed E-state index contributed by atoms with van der Waals surface area (Å²) in [6.45, 7) is 5.14. The summed E-state index contributed by atoms with van der Waals surface area (Å²) in [6, 6.07) is 12.4. The maximum atomic E-state index is 12.3. The molecule has 2 aromatic carbocycles. The molecule has 0 aliphatic heterocycles. The molecule has 5 heteroatoms. The first-order chi connectivity index (χ1) is 11.9. The van der Waals surface area contributed by atoms with Gasteiger partial charge in [0.25, 0.3) is 0 Å². The summed E-state index contributed by atoms with van der Waals surface area (Å²) in [5.74, 6) is 0.423. The van der Waals surface area contributed by atoms with Crippen LogP contribution in [-0.4, -0.2) is 31.6 Å². The third kappa shape index (κ3) is 5.08. The van der Waals surface area contributed by atoms with Gasteiger partial charge in [0.15, 0.2) is 12.7 Å². The zero-order valence-corrected chi connectivity index (χ0v) is 14.9. The van der Waals surface area contributed by atoms with Gasteiger partial charge >= 0.3 is 5.97 Å². The Kier molecular flexibility index (Phi) is 6.17. The second-order valence-electron chi connectivity index (χ2n) is 5.78. The predicted molar refractivity (Wildman–Crippen MR) is 94.3 cm³/mol. The lowest BCUT2D eigenvalue weighted by atomic mass is 10.1. The quantitative estimate of drug-likeness (QED) is 0.569. The van der Waals surface area contributed by atoms with Crippen LogP contribution in [0.15, 0.2) is 42.5 Å². The predicted octanol–water partition coefficient (Wildman–Crippen LogP) is 3.51. The van der Waals surface area contributed by atoms with E-state index in [9.17, 15) is 9.59 Å². The van der Waals surface area contributed by atoms with Crippen molar-refractivity contribution >= 4 is 11.8 Å². The maximum Gasteiger partial charge on any atom is 0.344 e. The van der Waals surface area contributed by atoms with Gasteiger partial charge in [-0.3, -0.25) is 4.79 Å². The average molecular weight is 342 g/mol. The molecule has 5 nitrogen and oxygen atoms in total. The van der Waals surface area contributed by atoms with Gasteiger partial charge in [-0.25, -0.2) is 4.79 Å². The summed E-state index contributed by atoms with van der Waals surface area (Å²) >= 11 is 0. The minimum absolute atomic E-state index is 0.246. The number of ether oxygens (including phenoxy) is 3. The number of hydrogen-bond acceptors (Lipinski definition) is 5. The molecule has 132 valence electrons. The monoisotopic (exact) mass is 342 g/mol. The zero-order valence-electron chi connectivity index (χ0n) is 14.9. The van der Waals surface area contributed by atoms with E-state index in [1.54, 1.807) is 38.3 Å². The molecule has 2 rings (SSSR count). The lowest BCUT2D eigenvalue weighted by Gasteiger charge is -2.14. The van der Waals surface area contributed by atoms with Crippen LogP contribution < -0.4 is 9.47 Å². The molecule has 0 aromatic heterocycles. The highest BCUT2D eigenvalue weighted by Crippen LogP contribution is 2.19. The van der Waals surface area contributed by atoms with Gasteiger partial charge in [-0.2, -0.15) is 0 Å². The van der Waals surface area contributed by atoms with E-state index in [4.69, 9.17) is 14.2 Å². The van der Waals surface area contributed by atoms with Gasteiger partial charge in [0.2, 0.25) is 5.78 Å². The van der Waals surface area contributed by atoms with Crippen molar-refractivity contribution in [1.82, 2.24) is 0 Å². The number of hydrogen-bond donors (Lipinski definition) is 0. The molecule has 0 fully saturated rings. The molecule has 25 heavy (non-hydrogen) atoms. The van der Waals surface area contributed by atoms with Crippen molar-refractivity contribution in [2.45, 2.75) is 26.9 Å². The van der Waals surface area contributed by atoms with Crippen LogP contribution >= 0.6 is 0 Å². The summed E-state index contributed by atoms with van der Waals surface area (Å²) in [5, 5.41) is 0. The van der Waals surface area contributed by atoms with E-state index < -0.39 is 12.1 Å². The fourth-order valence-electron chi connectivity index (χ4n) is 2.27. The van der Waals surface area contributed by atoms with Crippen LogP contribution in [-0.2, 0) is 9.53 Å². The molecule has 0 heterocycles. The highest BCUT2D eigenvalue weighted by atomic mass is 16.6. The van der Waals surface area contributed by atoms with E-state index in [-0.39, 0.29) is 12.4 Å². The number of carbonyl (C=O) groups excluding carboxylic acids is 2. The minimum Gasteiger partial charge on any atom is -0.497 e. The lowest BCUT2D eigenvalue weighted by Crippen LogP contribution is -2.27. The Morgan fingerprint density at radius 2 is 1.72 bits per heavy atom. The number of esters is 1. The Bertz CT molecular complexity index is 749. The van der Waals surface area contributed by atoms with Gasteiger partial charge in [0, 0.05) is 5.56 Å². The van der Waals surface area contributed by atoms with Gasteiger partial charge in [0.05, 0.1) is 7.11 Å². The Labute approximate surface area is 147 Å². The molecule has 0 radical (unpaired) electrons. The van der Waals surface area contributed by atoms with Gasteiger partial charge in [0.1, 0.15) is 11.5 Å². The first-order valence-corrected chi connectivity index (χ1v) is 7.98. The van der Waals surface area contributed by atoms with Gasteiger partial charge < -0.3 is 14.2 Å². The zero-order chi connectivity index (χ0) is 18.4. The minimum atomic E-state index is -0.886. The van der Waals surface area contributed by atoms with E-state index in [0.717, 1.165) is 11.1 Å². The first kappa shape index (κ1) is 18.5. The summed E-state index contributed by atoms with van der Waals surface area (Å²) in [7, 11) is 1.55. The molecule has 0 unspecified atom stereocenters. The first-order valence-electron chi connectivity index (χ1n) is 7.98. The van der Waals surface area contributed by atoms with Crippen LogP contribution in [0, 0.1) is 13.8 Å². The smallest absolute Gasteiger partial charge is 0.344 e. The van der Waals surface area contributed by atoms with Crippen molar-refractivity contribution in [3.05, 3.63) is 59.2 Å². The third-order valence-corrected chi connectivity index (χ3v) is 3.74. The van der Waals surface area contributed by atoms with Crippen molar-refractivity contribution in [2.24, 2.45) is 0 Å². The maximum absolute atomic E-state index is 12.3. The van der Waals surface area contributed by atoms with Crippen LogP contribution in [0.25, 0.3) is 0 Å². The highest BCUT2D eigenvalue weighted by molar-refractivity contribution is 6.00. The van der Waals surface area contributed by atoms with E-state index in [0.29, 0.717) is 17.1 Å². The van der Waals surface area contributed by atoms with Crippen molar-refractivity contribution in [3.63, 3.8) is 0 Å². The Balaban J connectivity index is 1.90. The number of aryl methyl sites for hydroxylation is 2. The standard InChI is InChI=1S/C20H22O5/c1-13-5-6-14(2)18(11-13)24-12-19(21)25-15(3)20(22)16-7-9-17(23-4)10-8-16/h5-11,15H,12H2,1-4H3/t15-/m1/s1. The molecule has 0 aliphatic rings. The van der Waals surface area contributed by atoms with Gasteiger partial charge in [-0.05, 0) is 62.2 Å². The molecule has 2 aromatic rings. The Hall–Kier alpha value is -2.82. The normalized spacial score (nSPS) is 11.5. The average Bonchev–Trinajstić information content (AvgIpc) is 2.61. The van der Waals surface area contributed by atoms with Crippen molar-refractivity contribution in [1.29, 1.82) is 0 Å². The molecule has 0 aliphatic carbocycles. The number of rotatable bonds is 7. The van der Waals surface area contributed by atoms with Crippen LogP contribution in [0.4, 0.5) is 0 Å². The highest BCUT2D eigenvalue weighted by Gasteiger charge is 2.20. The SMILES string of the molecule is COc1ccc(C(=O)[C@@H](C)OC(=O)COc2cc(C)ccc2C)cc1. The summed E-state index contributed by atoms with van der Waals surface area (Å²) in [4.78, 5) is 24.2. The number of ketones is 1. The summed E-state index contributed by atoms with van der Waals surface area (Å²) < 4.78 is 15.7. The van der Waals surface area contributed by atoms with Crippen LogP contribution in [0.3, 0.4) is 0 Å². The third-order valence-electron chi connectivity index (χ3n) is 3.74. The van der Waals surface area contributed by atoms with Crippen molar-refractivity contribution in [2.75, 3.05) is 13.7 Å².